The van der Waals surface area contributed by atoms with E-state index in [-0.39, 0.29) is 19.5 Å². The molecule has 0 amide bonds. The summed E-state index contributed by atoms with van der Waals surface area (Å²) in [6.07, 6.45) is 11.0. The second kappa shape index (κ2) is 5.75. The monoisotopic (exact) mass is 199 g/mol. The summed E-state index contributed by atoms with van der Waals surface area (Å²) in [6.45, 7) is 0. The van der Waals surface area contributed by atoms with Crippen molar-refractivity contribution < 1.29 is 19.5 Å². The van der Waals surface area contributed by atoms with Crippen molar-refractivity contribution >= 4 is 0 Å². The summed E-state index contributed by atoms with van der Waals surface area (Å²) in [5, 5.41) is 0. The molecule has 0 saturated heterocycles. The molecular weight excluding hydrogens is 185 g/mol. The molecular formula is C7H13Ru. The smallest absolute Gasteiger partial charge is 0.328 e. The van der Waals surface area contributed by atoms with Gasteiger partial charge in [-0.15, -0.1) is 0 Å². The van der Waals surface area contributed by atoms with Crippen molar-refractivity contribution in [1.29, 1.82) is 0 Å². The molecule has 1 saturated carbocycles. The normalized spacial score (nSPS) is 21.0. The van der Waals surface area contributed by atoms with E-state index in [2.05, 4.69) is 6.42 Å². The molecule has 0 spiro atoms. The summed E-state index contributed by atoms with van der Waals surface area (Å²) in [5.41, 5.74) is 0. The molecule has 0 heterocycles. The summed E-state index contributed by atoms with van der Waals surface area (Å²) >= 11 is 0. The number of rotatable bonds is 0. The van der Waals surface area contributed by atoms with Gasteiger partial charge >= 0.3 is 19.5 Å². The first kappa shape index (κ1) is 8.62. The van der Waals surface area contributed by atoms with E-state index in [1.807, 2.05) is 0 Å². The Balaban J connectivity index is 0.000000490. The first-order valence-corrected chi connectivity index (χ1v) is 3.32. The largest absolute Gasteiger partial charge is 1.00 e. The van der Waals surface area contributed by atoms with Gasteiger partial charge in [-0.2, -0.15) is 12.8 Å². The molecule has 1 rings (SSSR count). The molecule has 0 unspecified atom stereocenters. The van der Waals surface area contributed by atoms with Crippen LogP contribution in [0.25, 0.3) is 0 Å². The van der Waals surface area contributed by atoms with Crippen molar-refractivity contribution in [2.45, 2.75) is 38.5 Å². The maximum atomic E-state index is 2.42. The van der Waals surface area contributed by atoms with E-state index in [4.69, 9.17) is 0 Å². The third-order valence-electron chi connectivity index (χ3n) is 1.57. The summed E-state index contributed by atoms with van der Waals surface area (Å²) in [4.78, 5) is 0. The zero-order valence-corrected chi connectivity index (χ0v) is 6.91. The van der Waals surface area contributed by atoms with E-state index >= 15 is 0 Å². The Morgan fingerprint density at radius 3 is 1.75 bits per heavy atom. The molecule has 1 fully saturated rings. The fourth-order valence-electron chi connectivity index (χ4n) is 1.08. The standard InChI is InChI=1S/C7H13.Ru/c1-2-4-6-7-5-3-1;/h1H,2-7H2;/q-1;+1. The maximum absolute atomic E-state index is 2.42. The van der Waals surface area contributed by atoms with Crippen molar-refractivity contribution in [3.8, 4) is 0 Å². The van der Waals surface area contributed by atoms with Crippen LogP contribution in [0.3, 0.4) is 0 Å². The fourth-order valence-corrected chi connectivity index (χ4v) is 1.08. The van der Waals surface area contributed by atoms with Gasteiger partial charge in [0, 0.05) is 0 Å². The number of hydrogen-bond acceptors (Lipinski definition) is 0. The molecule has 0 nitrogen and oxygen atoms in total. The van der Waals surface area contributed by atoms with Crippen LogP contribution in [0, 0.1) is 6.42 Å². The van der Waals surface area contributed by atoms with E-state index in [0.29, 0.717) is 0 Å². The molecule has 0 bridgehead atoms. The minimum atomic E-state index is 0. The molecule has 1 aliphatic rings. The van der Waals surface area contributed by atoms with Crippen LogP contribution in [0.15, 0.2) is 0 Å². The predicted molar refractivity (Wildman–Crippen MR) is 32.0 cm³/mol. The summed E-state index contributed by atoms with van der Waals surface area (Å²) in [5.74, 6) is 0. The van der Waals surface area contributed by atoms with Gasteiger partial charge in [0.15, 0.2) is 0 Å². The number of hydrogen-bond donors (Lipinski definition) is 0. The van der Waals surface area contributed by atoms with Crippen LogP contribution in [0.5, 0.6) is 0 Å². The summed E-state index contributed by atoms with van der Waals surface area (Å²) in [6, 6.07) is 0. The maximum Gasteiger partial charge on any atom is 1.00 e. The van der Waals surface area contributed by atoms with E-state index < -0.39 is 0 Å². The molecule has 49 valence electrons. The summed E-state index contributed by atoms with van der Waals surface area (Å²) < 4.78 is 0. The van der Waals surface area contributed by atoms with Crippen molar-refractivity contribution in [3.05, 3.63) is 6.42 Å². The topological polar surface area (TPSA) is 0 Å². The molecule has 0 aromatic carbocycles. The minimum Gasteiger partial charge on any atom is -0.328 e. The Bertz CT molecular complexity index is 24.0. The second-order valence-corrected chi connectivity index (χ2v) is 2.28. The van der Waals surface area contributed by atoms with E-state index in [9.17, 15) is 0 Å². The van der Waals surface area contributed by atoms with E-state index in [1.54, 1.807) is 0 Å². The molecule has 0 atom stereocenters. The Morgan fingerprint density at radius 2 is 1.25 bits per heavy atom. The Labute approximate surface area is 64.8 Å². The van der Waals surface area contributed by atoms with Crippen LogP contribution in [0.1, 0.15) is 38.5 Å². The van der Waals surface area contributed by atoms with Crippen LogP contribution in [0.2, 0.25) is 0 Å². The van der Waals surface area contributed by atoms with Crippen LogP contribution < -0.4 is 0 Å². The molecule has 8 heavy (non-hydrogen) atoms. The Kier molecular flexibility index (Phi) is 6.20. The van der Waals surface area contributed by atoms with Crippen molar-refractivity contribution in [2.24, 2.45) is 0 Å². The van der Waals surface area contributed by atoms with Gasteiger partial charge < -0.3 is 6.42 Å². The average Bonchev–Trinajstić information content (AvgIpc) is 1.90. The van der Waals surface area contributed by atoms with Crippen molar-refractivity contribution in [1.82, 2.24) is 0 Å². The van der Waals surface area contributed by atoms with E-state index in [0.717, 1.165) is 0 Å². The van der Waals surface area contributed by atoms with Crippen molar-refractivity contribution in [3.63, 3.8) is 0 Å². The fraction of sp³-hybridized carbons (Fsp3) is 0.857. The van der Waals surface area contributed by atoms with Crippen LogP contribution >= 0.6 is 0 Å². The zero-order chi connectivity index (χ0) is 4.95. The van der Waals surface area contributed by atoms with Gasteiger partial charge in [-0.1, -0.05) is 25.7 Å². The van der Waals surface area contributed by atoms with E-state index in [1.165, 1.54) is 38.5 Å². The Hall–Kier alpha value is 0.623. The Morgan fingerprint density at radius 1 is 0.750 bits per heavy atom. The molecule has 0 aliphatic heterocycles. The minimum absolute atomic E-state index is 0. The van der Waals surface area contributed by atoms with Crippen LogP contribution in [-0.4, -0.2) is 0 Å². The summed E-state index contributed by atoms with van der Waals surface area (Å²) in [7, 11) is 0. The van der Waals surface area contributed by atoms with Gasteiger partial charge in [-0.25, -0.2) is 0 Å². The second-order valence-electron chi connectivity index (χ2n) is 2.28. The van der Waals surface area contributed by atoms with Gasteiger partial charge in [0.1, 0.15) is 0 Å². The predicted octanol–water partition coefficient (Wildman–Crippen LogP) is 2.54. The van der Waals surface area contributed by atoms with Gasteiger partial charge in [-0.05, 0) is 0 Å². The third kappa shape index (κ3) is 3.60. The van der Waals surface area contributed by atoms with Gasteiger partial charge in [0.25, 0.3) is 0 Å². The first-order valence-electron chi connectivity index (χ1n) is 3.32. The van der Waals surface area contributed by atoms with Gasteiger partial charge in [0.2, 0.25) is 0 Å². The van der Waals surface area contributed by atoms with Gasteiger partial charge in [0.05, 0.1) is 0 Å². The quantitative estimate of drug-likeness (QED) is 0.319. The molecule has 0 aromatic heterocycles. The van der Waals surface area contributed by atoms with Crippen LogP contribution in [-0.2, 0) is 19.5 Å². The average molecular weight is 198 g/mol. The first-order chi connectivity index (χ1) is 3.50. The SMILES string of the molecule is [CH-]1CCCCCC1.[Ru+]. The third-order valence-corrected chi connectivity index (χ3v) is 1.57. The molecule has 1 radical (unpaired) electrons. The van der Waals surface area contributed by atoms with Crippen molar-refractivity contribution in [2.75, 3.05) is 0 Å². The zero-order valence-electron chi connectivity index (χ0n) is 5.17. The van der Waals surface area contributed by atoms with Crippen LogP contribution in [0.4, 0.5) is 0 Å². The molecule has 1 heteroatoms. The molecule has 0 N–H and O–H groups in total. The van der Waals surface area contributed by atoms with Gasteiger partial charge in [-0.3, -0.25) is 0 Å². The molecule has 0 aromatic rings. The molecule has 1 aliphatic carbocycles.